The average molecular weight is 302 g/mol. The van der Waals surface area contributed by atoms with Gasteiger partial charge >= 0.3 is 0 Å². The fourth-order valence-corrected chi connectivity index (χ4v) is 3.41. The summed E-state index contributed by atoms with van der Waals surface area (Å²) < 4.78 is 24.6. The lowest BCUT2D eigenvalue weighted by molar-refractivity contribution is -0.116. The Morgan fingerprint density at radius 2 is 1.52 bits per heavy atom. The van der Waals surface area contributed by atoms with Crippen molar-refractivity contribution in [2.75, 3.05) is 0 Å². The van der Waals surface area contributed by atoms with E-state index in [1.165, 1.54) is 0 Å². The van der Waals surface area contributed by atoms with Crippen LogP contribution in [0.3, 0.4) is 0 Å². The summed E-state index contributed by atoms with van der Waals surface area (Å²) >= 11 is 0. The van der Waals surface area contributed by atoms with E-state index in [-0.39, 0.29) is 11.5 Å². The summed E-state index contributed by atoms with van der Waals surface area (Å²) in [4.78, 5) is 11.3. The highest BCUT2D eigenvalue weighted by molar-refractivity contribution is 7.90. The highest BCUT2D eigenvalue weighted by Crippen LogP contribution is 2.17. The summed E-state index contributed by atoms with van der Waals surface area (Å²) in [7, 11) is -3.33. The van der Waals surface area contributed by atoms with Crippen molar-refractivity contribution in [3.8, 4) is 0 Å². The second-order valence-corrected chi connectivity index (χ2v) is 7.08. The lowest BCUT2D eigenvalue weighted by Crippen LogP contribution is -2.05. The van der Waals surface area contributed by atoms with Crippen molar-refractivity contribution >= 4 is 15.6 Å². The van der Waals surface area contributed by atoms with E-state index in [4.69, 9.17) is 0 Å². The number of Topliss-reactive ketones (excluding diaryl/α,β-unsaturated/α-hetero) is 1. The Morgan fingerprint density at radius 1 is 0.905 bits per heavy atom. The van der Waals surface area contributed by atoms with Crippen LogP contribution in [-0.4, -0.2) is 14.2 Å². The number of hydrogen-bond acceptors (Lipinski definition) is 3. The highest BCUT2D eigenvalue weighted by atomic mass is 32.2. The van der Waals surface area contributed by atoms with Gasteiger partial charge in [-0.25, -0.2) is 8.42 Å². The molecule has 0 N–H and O–H groups in total. The van der Waals surface area contributed by atoms with E-state index in [1.807, 2.05) is 18.2 Å². The van der Waals surface area contributed by atoms with Crippen molar-refractivity contribution in [2.45, 2.75) is 30.4 Å². The predicted octanol–water partition coefficient (Wildman–Crippen LogP) is 3.18. The quantitative estimate of drug-likeness (QED) is 0.823. The Morgan fingerprint density at radius 3 is 2.10 bits per heavy atom. The first-order valence-electron chi connectivity index (χ1n) is 6.82. The molecule has 0 aliphatic rings. The smallest absolute Gasteiger partial charge is 0.182 e. The number of sulfone groups is 1. The number of carbonyl (C=O) groups excluding carboxylic acids is 1. The number of carbonyl (C=O) groups is 1. The fourth-order valence-electron chi connectivity index (χ4n) is 2.06. The average Bonchev–Trinajstić information content (AvgIpc) is 2.46. The first-order chi connectivity index (χ1) is 9.97. The van der Waals surface area contributed by atoms with Gasteiger partial charge in [-0.3, -0.25) is 0 Å². The molecule has 4 heteroatoms. The van der Waals surface area contributed by atoms with Crippen LogP contribution in [0.2, 0.25) is 0 Å². The largest absolute Gasteiger partial charge is 0.300 e. The molecule has 0 radical (unpaired) electrons. The lowest BCUT2D eigenvalue weighted by atomic mass is 10.1. The normalized spacial score (nSPS) is 11.3. The van der Waals surface area contributed by atoms with E-state index in [1.54, 1.807) is 43.3 Å². The number of hydrogen-bond donors (Lipinski definition) is 0. The third-order valence-electron chi connectivity index (χ3n) is 3.25. The zero-order valence-electron chi connectivity index (χ0n) is 12.0. The molecule has 0 saturated carbocycles. The van der Waals surface area contributed by atoms with E-state index in [0.29, 0.717) is 17.7 Å². The Kier molecular flexibility index (Phi) is 4.91. The van der Waals surface area contributed by atoms with Crippen molar-refractivity contribution in [3.05, 3.63) is 65.7 Å². The summed E-state index contributed by atoms with van der Waals surface area (Å²) in [5, 5.41) is 0. The molecule has 0 saturated heterocycles. The Hall–Kier alpha value is -1.94. The standard InChI is InChI=1S/C17H18O3S/c1-14(18)7-8-15-9-11-17(12-10-15)21(19,20)13-16-5-3-2-4-6-16/h2-6,9-12H,7-8,13H2,1H3. The summed E-state index contributed by atoms with van der Waals surface area (Å²) in [5.41, 5.74) is 1.75. The van der Waals surface area contributed by atoms with Crippen LogP contribution in [0.4, 0.5) is 0 Å². The van der Waals surface area contributed by atoms with Crippen LogP contribution in [0, 0.1) is 0 Å². The molecule has 0 bridgehead atoms. The fraction of sp³-hybridized carbons (Fsp3) is 0.235. The SMILES string of the molecule is CC(=O)CCc1ccc(S(=O)(=O)Cc2ccccc2)cc1. The van der Waals surface area contributed by atoms with Gasteiger partial charge in [-0.05, 0) is 36.6 Å². The molecule has 0 fully saturated rings. The molecule has 2 aromatic carbocycles. The molecular formula is C17H18O3S. The van der Waals surface area contributed by atoms with Gasteiger partial charge in [0.2, 0.25) is 0 Å². The molecule has 0 aliphatic heterocycles. The van der Waals surface area contributed by atoms with E-state index >= 15 is 0 Å². The molecular weight excluding hydrogens is 284 g/mol. The minimum Gasteiger partial charge on any atom is -0.300 e. The monoisotopic (exact) mass is 302 g/mol. The topological polar surface area (TPSA) is 51.2 Å². The van der Waals surface area contributed by atoms with Crippen molar-refractivity contribution in [1.82, 2.24) is 0 Å². The first-order valence-corrected chi connectivity index (χ1v) is 8.48. The van der Waals surface area contributed by atoms with E-state index in [2.05, 4.69) is 0 Å². The molecule has 2 rings (SSSR count). The summed E-state index contributed by atoms with van der Waals surface area (Å²) in [6.45, 7) is 1.55. The molecule has 0 aromatic heterocycles. The van der Waals surface area contributed by atoms with Crippen LogP contribution in [0.1, 0.15) is 24.5 Å². The molecule has 0 heterocycles. The Labute approximate surface area is 125 Å². The first kappa shape index (κ1) is 15.4. The molecule has 0 amide bonds. The van der Waals surface area contributed by atoms with Gasteiger partial charge in [0.05, 0.1) is 10.6 Å². The van der Waals surface area contributed by atoms with E-state index in [0.717, 1.165) is 11.1 Å². The molecule has 110 valence electrons. The van der Waals surface area contributed by atoms with Crippen LogP contribution < -0.4 is 0 Å². The molecule has 3 nitrogen and oxygen atoms in total. The molecule has 2 aromatic rings. The number of rotatable bonds is 6. The van der Waals surface area contributed by atoms with Gasteiger partial charge in [-0.1, -0.05) is 42.5 Å². The third kappa shape index (κ3) is 4.53. The zero-order valence-corrected chi connectivity index (χ0v) is 12.8. The predicted molar refractivity (Wildman–Crippen MR) is 82.8 cm³/mol. The molecule has 0 unspecified atom stereocenters. The molecule has 0 atom stereocenters. The van der Waals surface area contributed by atoms with E-state index < -0.39 is 9.84 Å². The maximum absolute atomic E-state index is 12.3. The van der Waals surface area contributed by atoms with Crippen LogP contribution in [-0.2, 0) is 26.8 Å². The van der Waals surface area contributed by atoms with Crippen LogP contribution in [0.25, 0.3) is 0 Å². The van der Waals surface area contributed by atoms with Gasteiger partial charge in [0.1, 0.15) is 5.78 Å². The van der Waals surface area contributed by atoms with Crippen LogP contribution in [0.15, 0.2) is 59.5 Å². The lowest BCUT2D eigenvalue weighted by Gasteiger charge is -2.06. The second-order valence-electron chi connectivity index (χ2n) is 5.09. The van der Waals surface area contributed by atoms with Gasteiger partial charge in [0, 0.05) is 6.42 Å². The van der Waals surface area contributed by atoms with Crippen LogP contribution >= 0.6 is 0 Å². The Balaban J connectivity index is 2.12. The maximum Gasteiger partial charge on any atom is 0.182 e. The highest BCUT2D eigenvalue weighted by Gasteiger charge is 2.15. The van der Waals surface area contributed by atoms with E-state index in [9.17, 15) is 13.2 Å². The van der Waals surface area contributed by atoms with Crippen LogP contribution in [0.5, 0.6) is 0 Å². The molecule has 21 heavy (non-hydrogen) atoms. The summed E-state index contributed by atoms with van der Waals surface area (Å²) in [6.07, 6.45) is 1.13. The maximum atomic E-state index is 12.3. The van der Waals surface area contributed by atoms with Gasteiger partial charge in [-0.2, -0.15) is 0 Å². The van der Waals surface area contributed by atoms with Gasteiger partial charge in [-0.15, -0.1) is 0 Å². The van der Waals surface area contributed by atoms with Gasteiger partial charge in [0.15, 0.2) is 9.84 Å². The third-order valence-corrected chi connectivity index (χ3v) is 4.95. The van der Waals surface area contributed by atoms with Gasteiger partial charge in [0.25, 0.3) is 0 Å². The summed E-state index contributed by atoms with van der Waals surface area (Å²) in [6, 6.07) is 15.9. The van der Waals surface area contributed by atoms with Crippen molar-refractivity contribution < 1.29 is 13.2 Å². The van der Waals surface area contributed by atoms with Crippen molar-refractivity contribution in [3.63, 3.8) is 0 Å². The minimum atomic E-state index is -3.33. The van der Waals surface area contributed by atoms with Crippen molar-refractivity contribution in [2.24, 2.45) is 0 Å². The molecule has 0 spiro atoms. The summed E-state index contributed by atoms with van der Waals surface area (Å²) in [5.74, 6) is 0.136. The van der Waals surface area contributed by atoms with Gasteiger partial charge < -0.3 is 4.79 Å². The minimum absolute atomic E-state index is 0.000628. The molecule has 0 aliphatic carbocycles. The van der Waals surface area contributed by atoms with Crippen molar-refractivity contribution in [1.29, 1.82) is 0 Å². The number of aryl methyl sites for hydroxylation is 1. The second kappa shape index (κ2) is 6.68. The Bertz CT molecular complexity index is 701. The number of ketones is 1. The zero-order chi connectivity index (χ0) is 15.3. The number of benzene rings is 2.